The highest BCUT2D eigenvalue weighted by molar-refractivity contribution is 5.85. The van der Waals surface area contributed by atoms with Crippen LogP contribution in [0.4, 0.5) is 0 Å². The lowest BCUT2D eigenvalue weighted by molar-refractivity contribution is -0.148. The molecule has 0 radical (unpaired) electrons. The van der Waals surface area contributed by atoms with E-state index in [0.29, 0.717) is 5.92 Å². The van der Waals surface area contributed by atoms with Gasteiger partial charge in [0.1, 0.15) is 0 Å². The third kappa shape index (κ3) is 1.21. The molecule has 2 aliphatic rings. The number of hydrogen-bond acceptors (Lipinski definition) is 3. The predicted octanol–water partition coefficient (Wildman–Crippen LogP) is 0.581. The standard InChI is InChI=1S/C8H13NO2.ClH/c1-11-7(10)8-2-3-9-5-6(8)4-8;/h6,9H,2-5H2,1H3;1H/t6-,8+;/m0./s1. The van der Waals surface area contributed by atoms with Gasteiger partial charge in [0.05, 0.1) is 12.5 Å². The van der Waals surface area contributed by atoms with E-state index in [-0.39, 0.29) is 23.8 Å². The van der Waals surface area contributed by atoms with Crippen molar-refractivity contribution in [2.45, 2.75) is 12.8 Å². The fourth-order valence-electron chi connectivity index (χ4n) is 2.10. The third-order valence-electron chi connectivity index (χ3n) is 2.96. The average Bonchev–Trinajstić information content (AvgIpc) is 2.78. The summed E-state index contributed by atoms with van der Waals surface area (Å²) in [5, 5.41) is 3.27. The lowest BCUT2D eigenvalue weighted by Gasteiger charge is -2.19. The molecule has 0 unspecified atom stereocenters. The number of piperidine rings is 1. The minimum atomic E-state index is -0.0694. The van der Waals surface area contributed by atoms with E-state index in [1.54, 1.807) is 0 Å². The Balaban J connectivity index is 0.000000720. The number of hydrogen-bond donors (Lipinski definition) is 1. The molecule has 1 N–H and O–H groups in total. The molecule has 0 aromatic rings. The quantitative estimate of drug-likeness (QED) is 0.617. The van der Waals surface area contributed by atoms with E-state index < -0.39 is 0 Å². The maximum atomic E-state index is 11.3. The number of carbonyl (C=O) groups excluding carboxylic acids is 1. The highest BCUT2D eigenvalue weighted by Gasteiger charge is 2.61. The normalized spacial score (nSPS) is 37.6. The molecule has 3 nitrogen and oxygen atoms in total. The van der Waals surface area contributed by atoms with Crippen molar-refractivity contribution < 1.29 is 9.53 Å². The summed E-state index contributed by atoms with van der Waals surface area (Å²) in [6, 6.07) is 0. The molecule has 1 aliphatic carbocycles. The Bertz CT molecular complexity index is 197. The second-order valence-corrected chi connectivity index (χ2v) is 3.50. The number of ether oxygens (including phenoxy) is 1. The molecule has 0 bridgehead atoms. The Labute approximate surface area is 78.3 Å². The number of nitrogens with one attached hydrogen (secondary N) is 1. The second-order valence-electron chi connectivity index (χ2n) is 3.50. The SMILES string of the molecule is COC(=O)[C@@]12CCNC[C@@H]1C2.Cl. The molecule has 2 fully saturated rings. The van der Waals surface area contributed by atoms with Crippen LogP contribution in [0.5, 0.6) is 0 Å². The van der Waals surface area contributed by atoms with Crippen LogP contribution in [-0.4, -0.2) is 26.2 Å². The number of fused-ring (bicyclic) bond motifs is 1. The van der Waals surface area contributed by atoms with Crippen molar-refractivity contribution in [1.82, 2.24) is 5.32 Å². The van der Waals surface area contributed by atoms with E-state index >= 15 is 0 Å². The molecular weight excluding hydrogens is 178 g/mol. The molecule has 2 atom stereocenters. The molecule has 12 heavy (non-hydrogen) atoms. The predicted molar refractivity (Wildman–Crippen MR) is 47.3 cm³/mol. The van der Waals surface area contributed by atoms with Crippen LogP contribution in [0.15, 0.2) is 0 Å². The van der Waals surface area contributed by atoms with Crippen molar-refractivity contribution in [2.75, 3.05) is 20.2 Å². The fourth-order valence-corrected chi connectivity index (χ4v) is 2.10. The third-order valence-corrected chi connectivity index (χ3v) is 2.96. The maximum absolute atomic E-state index is 11.3. The van der Waals surface area contributed by atoms with Gasteiger partial charge in [-0.1, -0.05) is 0 Å². The number of esters is 1. The molecule has 4 heteroatoms. The summed E-state index contributed by atoms with van der Waals surface area (Å²) in [5.41, 5.74) is -0.0694. The van der Waals surface area contributed by atoms with Gasteiger partial charge >= 0.3 is 5.97 Å². The molecule has 1 saturated carbocycles. The van der Waals surface area contributed by atoms with Gasteiger partial charge in [0.25, 0.3) is 0 Å². The smallest absolute Gasteiger partial charge is 0.312 e. The first-order valence-electron chi connectivity index (χ1n) is 4.09. The number of rotatable bonds is 1. The summed E-state index contributed by atoms with van der Waals surface area (Å²) >= 11 is 0. The first-order valence-corrected chi connectivity index (χ1v) is 4.09. The summed E-state index contributed by atoms with van der Waals surface area (Å²) in [5.74, 6) is 0.563. The Kier molecular flexibility index (Phi) is 2.64. The van der Waals surface area contributed by atoms with Crippen LogP contribution in [0.2, 0.25) is 0 Å². The van der Waals surface area contributed by atoms with Crippen LogP contribution in [0, 0.1) is 11.3 Å². The van der Waals surface area contributed by atoms with Crippen molar-refractivity contribution >= 4 is 18.4 Å². The highest BCUT2D eigenvalue weighted by atomic mass is 35.5. The molecule has 1 heterocycles. The monoisotopic (exact) mass is 191 g/mol. The van der Waals surface area contributed by atoms with Crippen molar-refractivity contribution in [1.29, 1.82) is 0 Å². The summed E-state index contributed by atoms with van der Waals surface area (Å²) in [6.07, 6.45) is 2.00. The average molecular weight is 192 g/mol. The molecule has 0 aromatic carbocycles. The van der Waals surface area contributed by atoms with Crippen LogP contribution in [0.3, 0.4) is 0 Å². The van der Waals surface area contributed by atoms with Gasteiger partial charge in [0.2, 0.25) is 0 Å². The van der Waals surface area contributed by atoms with Crippen LogP contribution >= 0.6 is 12.4 Å². The van der Waals surface area contributed by atoms with E-state index in [0.717, 1.165) is 25.9 Å². The molecular formula is C8H14ClNO2. The number of halogens is 1. The summed E-state index contributed by atoms with van der Waals surface area (Å²) in [4.78, 5) is 11.3. The zero-order chi connectivity index (χ0) is 7.90. The van der Waals surface area contributed by atoms with Gasteiger partial charge in [-0.2, -0.15) is 0 Å². The summed E-state index contributed by atoms with van der Waals surface area (Å²) in [7, 11) is 1.48. The largest absolute Gasteiger partial charge is 0.469 e. The first-order chi connectivity index (χ1) is 5.29. The van der Waals surface area contributed by atoms with E-state index in [2.05, 4.69) is 5.32 Å². The molecule has 0 aromatic heterocycles. The van der Waals surface area contributed by atoms with Gasteiger partial charge in [0.15, 0.2) is 0 Å². The molecule has 0 amide bonds. The van der Waals surface area contributed by atoms with Crippen LogP contribution in [0.25, 0.3) is 0 Å². The zero-order valence-electron chi connectivity index (χ0n) is 7.13. The summed E-state index contributed by atoms with van der Waals surface area (Å²) < 4.78 is 4.77. The van der Waals surface area contributed by atoms with Crippen molar-refractivity contribution in [2.24, 2.45) is 11.3 Å². The van der Waals surface area contributed by atoms with Gasteiger partial charge in [-0.05, 0) is 31.8 Å². The zero-order valence-corrected chi connectivity index (χ0v) is 7.95. The Morgan fingerprint density at radius 2 is 2.42 bits per heavy atom. The minimum Gasteiger partial charge on any atom is -0.469 e. The highest BCUT2D eigenvalue weighted by Crippen LogP contribution is 2.56. The lowest BCUT2D eigenvalue weighted by Crippen LogP contribution is -2.34. The molecule has 1 saturated heterocycles. The Morgan fingerprint density at radius 1 is 1.67 bits per heavy atom. The van der Waals surface area contributed by atoms with Gasteiger partial charge in [-0.15, -0.1) is 12.4 Å². The van der Waals surface area contributed by atoms with E-state index in [1.165, 1.54) is 7.11 Å². The Hall–Kier alpha value is -0.280. The van der Waals surface area contributed by atoms with Crippen LogP contribution < -0.4 is 5.32 Å². The molecule has 1 aliphatic heterocycles. The van der Waals surface area contributed by atoms with Gasteiger partial charge < -0.3 is 10.1 Å². The van der Waals surface area contributed by atoms with Crippen molar-refractivity contribution in [3.05, 3.63) is 0 Å². The van der Waals surface area contributed by atoms with Gasteiger partial charge in [-0.25, -0.2) is 0 Å². The van der Waals surface area contributed by atoms with Crippen LogP contribution in [0.1, 0.15) is 12.8 Å². The topological polar surface area (TPSA) is 38.3 Å². The van der Waals surface area contributed by atoms with E-state index in [9.17, 15) is 4.79 Å². The fraction of sp³-hybridized carbons (Fsp3) is 0.875. The van der Waals surface area contributed by atoms with Gasteiger partial charge in [0, 0.05) is 0 Å². The van der Waals surface area contributed by atoms with E-state index in [1.807, 2.05) is 0 Å². The molecule has 70 valence electrons. The lowest BCUT2D eigenvalue weighted by atomic mass is 9.97. The van der Waals surface area contributed by atoms with Crippen molar-refractivity contribution in [3.8, 4) is 0 Å². The van der Waals surface area contributed by atoms with Crippen molar-refractivity contribution in [3.63, 3.8) is 0 Å². The molecule has 2 rings (SSSR count). The van der Waals surface area contributed by atoms with E-state index in [4.69, 9.17) is 4.74 Å². The first kappa shape index (κ1) is 9.81. The number of methoxy groups -OCH3 is 1. The Morgan fingerprint density at radius 3 is 3.00 bits per heavy atom. The van der Waals surface area contributed by atoms with Crippen LogP contribution in [-0.2, 0) is 9.53 Å². The maximum Gasteiger partial charge on any atom is 0.312 e. The van der Waals surface area contributed by atoms with Gasteiger partial charge in [-0.3, -0.25) is 4.79 Å². The molecule has 0 spiro atoms. The second kappa shape index (κ2) is 3.23. The number of carbonyl (C=O) groups is 1. The minimum absolute atomic E-state index is 0. The summed E-state index contributed by atoms with van der Waals surface area (Å²) in [6.45, 7) is 1.96.